The van der Waals surface area contributed by atoms with Crippen LogP contribution in [0.5, 0.6) is 11.5 Å². The Balaban J connectivity index is 2.62. The fourth-order valence-corrected chi connectivity index (χ4v) is 1.95. The lowest BCUT2D eigenvalue weighted by molar-refractivity contribution is 0.0168. The van der Waals surface area contributed by atoms with Crippen LogP contribution in [0.3, 0.4) is 0 Å². The Morgan fingerprint density at radius 3 is 2.22 bits per heavy atom. The summed E-state index contributed by atoms with van der Waals surface area (Å²) in [6, 6.07) is 2.54. The molecule has 100 valence electrons. The molecule has 0 amide bonds. The molecule has 0 heterocycles. The molecule has 1 N–H and O–H groups in total. The van der Waals surface area contributed by atoms with Gasteiger partial charge in [-0.2, -0.15) is 0 Å². The number of halogens is 2. The zero-order valence-corrected chi connectivity index (χ0v) is 10.6. The average molecular weight is 258 g/mol. The van der Waals surface area contributed by atoms with Crippen molar-refractivity contribution in [3.05, 3.63) is 23.3 Å². The molecule has 1 aromatic rings. The normalized spacial score (nSPS) is 17.4. The van der Waals surface area contributed by atoms with Crippen molar-refractivity contribution < 1.29 is 23.4 Å². The smallest absolute Gasteiger partial charge is 0.270 e. The van der Waals surface area contributed by atoms with Crippen LogP contribution in [0.1, 0.15) is 30.9 Å². The highest BCUT2D eigenvalue weighted by Gasteiger charge is 2.46. The van der Waals surface area contributed by atoms with Crippen LogP contribution in [-0.2, 0) is 11.5 Å². The third-order valence-electron chi connectivity index (χ3n) is 3.21. The summed E-state index contributed by atoms with van der Waals surface area (Å²) in [6.07, 6.45) is 1.09. The molecule has 0 aromatic heterocycles. The molecule has 0 saturated heterocycles. The molecule has 1 aliphatic rings. The predicted octanol–water partition coefficient (Wildman–Crippen LogP) is 2.80. The molecule has 0 unspecified atom stereocenters. The fourth-order valence-electron chi connectivity index (χ4n) is 1.95. The van der Waals surface area contributed by atoms with E-state index in [0.29, 0.717) is 24.2 Å². The molecule has 2 rings (SSSR count). The quantitative estimate of drug-likeness (QED) is 0.902. The topological polar surface area (TPSA) is 38.7 Å². The van der Waals surface area contributed by atoms with Crippen molar-refractivity contribution in [3.8, 4) is 11.5 Å². The van der Waals surface area contributed by atoms with Gasteiger partial charge in [0.2, 0.25) is 0 Å². The minimum absolute atomic E-state index is 0.185. The lowest BCUT2D eigenvalue weighted by atomic mass is 9.99. The maximum atomic E-state index is 13.4. The van der Waals surface area contributed by atoms with Gasteiger partial charge in [0, 0.05) is 18.1 Å². The number of hydrogen-bond donors (Lipinski definition) is 1. The SMILES string of the molecule is COc1cc(C(C)(F)F)cc(C2(O)CC2)c1OC. The summed E-state index contributed by atoms with van der Waals surface area (Å²) in [5, 5.41) is 10.1. The highest BCUT2D eigenvalue weighted by atomic mass is 19.3. The third kappa shape index (κ3) is 2.14. The van der Waals surface area contributed by atoms with E-state index in [9.17, 15) is 13.9 Å². The van der Waals surface area contributed by atoms with Crippen molar-refractivity contribution in [2.24, 2.45) is 0 Å². The Labute approximate surface area is 104 Å². The van der Waals surface area contributed by atoms with Gasteiger partial charge in [0.05, 0.1) is 19.8 Å². The fraction of sp³-hybridized carbons (Fsp3) is 0.538. The molecule has 0 radical (unpaired) electrons. The Kier molecular flexibility index (Phi) is 2.97. The maximum Gasteiger partial charge on any atom is 0.270 e. The Morgan fingerprint density at radius 1 is 1.22 bits per heavy atom. The summed E-state index contributed by atoms with van der Waals surface area (Å²) >= 11 is 0. The summed E-state index contributed by atoms with van der Waals surface area (Å²) in [6.45, 7) is 0.814. The lowest BCUT2D eigenvalue weighted by Gasteiger charge is -2.20. The molecule has 1 aliphatic carbocycles. The first-order valence-electron chi connectivity index (χ1n) is 5.69. The number of rotatable bonds is 4. The summed E-state index contributed by atoms with van der Waals surface area (Å²) < 4.78 is 37.1. The van der Waals surface area contributed by atoms with Crippen molar-refractivity contribution in [1.82, 2.24) is 0 Å². The predicted molar refractivity (Wildman–Crippen MR) is 62.2 cm³/mol. The highest BCUT2D eigenvalue weighted by Crippen LogP contribution is 2.52. The van der Waals surface area contributed by atoms with Crippen molar-refractivity contribution in [3.63, 3.8) is 0 Å². The second kappa shape index (κ2) is 4.09. The average Bonchev–Trinajstić information content (AvgIpc) is 3.05. The van der Waals surface area contributed by atoms with Gasteiger partial charge in [-0.25, -0.2) is 8.78 Å². The van der Waals surface area contributed by atoms with E-state index in [1.807, 2.05) is 0 Å². The van der Waals surface area contributed by atoms with Crippen molar-refractivity contribution in [2.75, 3.05) is 14.2 Å². The van der Waals surface area contributed by atoms with E-state index in [1.165, 1.54) is 26.4 Å². The van der Waals surface area contributed by atoms with Gasteiger partial charge in [-0.05, 0) is 25.0 Å². The molecule has 3 nitrogen and oxygen atoms in total. The van der Waals surface area contributed by atoms with Gasteiger partial charge in [0.1, 0.15) is 0 Å². The first-order chi connectivity index (χ1) is 8.31. The first-order valence-corrected chi connectivity index (χ1v) is 5.69. The van der Waals surface area contributed by atoms with Gasteiger partial charge >= 0.3 is 0 Å². The summed E-state index contributed by atoms with van der Waals surface area (Å²) in [5.74, 6) is -2.45. The van der Waals surface area contributed by atoms with Gasteiger partial charge < -0.3 is 14.6 Å². The second-order valence-electron chi connectivity index (χ2n) is 4.68. The largest absolute Gasteiger partial charge is 0.493 e. The molecule has 0 aliphatic heterocycles. The van der Waals surface area contributed by atoms with Crippen LogP contribution in [0.4, 0.5) is 8.78 Å². The molecule has 0 atom stereocenters. The first kappa shape index (κ1) is 13.1. The van der Waals surface area contributed by atoms with Crippen LogP contribution in [0.25, 0.3) is 0 Å². The van der Waals surface area contributed by atoms with Crippen LogP contribution in [-0.4, -0.2) is 19.3 Å². The molecule has 18 heavy (non-hydrogen) atoms. The minimum Gasteiger partial charge on any atom is -0.493 e. The molecule has 5 heteroatoms. The van der Waals surface area contributed by atoms with E-state index >= 15 is 0 Å². The van der Waals surface area contributed by atoms with Crippen LogP contribution in [0.15, 0.2) is 12.1 Å². The van der Waals surface area contributed by atoms with Gasteiger partial charge in [-0.15, -0.1) is 0 Å². The summed E-state index contributed by atoms with van der Waals surface area (Å²) in [4.78, 5) is 0. The molecule has 1 aromatic carbocycles. The maximum absolute atomic E-state index is 13.4. The summed E-state index contributed by atoms with van der Waals surface area (Å²) in [5.41, 5.74) is -0.865. The van der Waals surface area contributed by atoms with Crippen molar-refractivity contribution in [2.45, 2.75) is 31.3 Å². The van der Waals surface area contributed by atoms with E-state index in [-0.39, 0.29) is 11.3 Å². The Bertz CT molecular complexity index is 462. The number of ether oxygens (including phenoxy) is 2. The van der Waals surface area contributed by atoms with Crippen molar-refractivity contribution in [1.29, 1.82) is 0 Å². The second-order valence-corrected chi connectivity index (χ2v) is 4.68. The summed E-state index contributed by atoms with van der Waals surface area (Å²) in [7, 11) is 2.81. The molecule has 1 fully saturated rings. The van der Waals surface area contributed by atoms with Gasteiger partial charge in [-0.1, -0.05) is 0 Å². The number of aliphatic hydroxyl groups is 1. The van der Waals surface area contributed by atoms with E-state index in [1.54, 1.807) is 0 Å². The zero-order valence-electron chi connectivity index (χ0n) is 10.6. The molecule has 0 bridgehead atoms. The number of methoxy groups -OCH3 is 2. The molecule has 1 saturated carbocycles. The van der Waals surface area contributed by atoms with Crippen molar-refractivity contribution >= 4 is 0 Å². The van der Waals surface area contributed by atoms with Crippen LogP contribution in [0.2, 0.25) is 0 Å². The van der Waals surface area contributed by atoms with E-state index in [4.69, 9.17) is 9.47 Å². The zero-order chi connectivity index (χ0) is 13.6. The van der Waals surface area contributed by atoms with Crippen LogP contribution in [0, 0.1) is 0 Å². The monoisotopic (exact) mass is 258 g/mol. The van der Waals surface area contributed by atoms with Gasteiger partial charge in [-0.3, -0.25) is 0 Å². The minimum atomic E-state index is -2.99. The Hall–Kier alpha value is -1.36. The van der Waals surface area contributed by atoms with Gasteiger partial charge in [0.15, 0.2) is 11.5 Å². The Morgan fingerprint density at radius 2 is 1.83 bits per heavy atom. The molecular formula is C13H16F2O3. The van der Waals surface area contributed by atoms with E-state index in [0.717, 1.165) is 6.92 Å². The molecular weight excluding hydrogens is 242 g/mol. The standard InChI is InChI=1S/C13H16F2O3/c1-12(14,15)8-6-9(13(16)4-5-13)11(18-3)10(7-8)17-2/h6-7,16H,4-5H2,1-3H3. The number of benzene rings is 1. The number of alkyl halides is 2. The van der Waals surface area contributed by atoms with E-state index in [2.05, 4.69) is 0 Å². The van der Waals surface area contributed by atoms with Crippen LogP contribution < -0.4 is 9.47 Å². The third-order valence-corrected chi connectivity index (χ3v) is 3.21. The highest BCUT2D eigenvalue weighted by molar-refractivity contribution is 5.54. The van der Waals surface area contributed by atoms with Crippen LogP contribution >= 0.6 is 0 Å². The van der Waals surface area contributed by atoms with Gasteiger partial charge in [0.25, 0.3) is 5.92 Å². The van der Waals surface area contributed by atoms with E-state index < -0.39 is 11.5 Å². The molecule has 0 spiro atoms. The lowest BCUT2D eigenvalue weighted by Crippen LogP contribution is -2.13. The number of hydrogen-bond acceptors (Lipinski definition) is 3.